The predicted octanol–water partition coefficient (Wildman–Crippen LogP) is 1.30. The number of piperidine rings is 1. The van der Waals surface area contributed by atoms with Crippen molar-refractivity contribution in [1.82, 2.24) is 40.3 Å². The lowest BCUT2D eigenvalue weighted by atomic mass is 9.96. The molecule has 24 heavy (non-hydrogen) atoms. The van der Waals surface area contributed by atoms with Gasteiger partial charge in [-0.3, -0.25) is 10.00 Å². The van der Waals surface area contributed by atoms with E-state index in [2.05, 4.69) is 35.6 Å². The number of nitrogens with zero attached hydrogens (tertiary/aromatic N) is 7. The van der Waals surface area contributed by atoms with Crippen molar-refractivity contribution in [2.45, 2.75) is 51.4 Å². The lowest BCUT2D eigenvalue weighted by Gasteiger charge is -2.30. The third-order valence-corrected chi connectivity index (χ3v) is 4.14. The first-order valence-electron chi connectivity index (χ1n) is 7.90. The summed E-state index contributed by atoms with van der Waals surface area (Å²) in [5.41, 5.74) is 0. The summed E-state index contributed by atoms with van der Waals surface area (Å²) in [5.74, 6) is 2.22. The van der Waals surface area contributed by atoms with E-state index in [1.54, 1.807) is 0 Å². The number of alkyl halides is 3. The first kappa shape index (κ1) is 16.8. The second-order valence-electron chi connectivity index (χ2n) is 5.91. The first-order chi connectivity index (χ1) is 11.4. The van der Waals surface area contributed by atoms with Crippen LogP contribution in [0.5, 0.6) is 0 Å². The van der Waals surface area contributed by atoms with E-state index in [0.717, 1.165) is 48.7 Å². The van der Waals surface area contributed by atoms with Crippen molar-refractivity contribution in [1.29, 1.82) is 0 Å². The smallest absolute Gasteiger partial charge is 0.296 e. The van der Waals surface area contributed by atoms with Crippen LogP contribution >= 0.6 is 0 Å². The highest BCUT2D eigenvalue weighted by molar-refractivity contribution is 5.00. The minimum Gasteiger partial charge on any atom is -0.296 e. The van der Waals surface area contributed by atoms with E-state index in [9.17, 15) is 13.2 Å². The fourth-order valence-electron chi connectivity index (χ4n) is 2.83. The molecule has 0 radical (unpaired) electrons. The molecule has 1 N–H and O–H groups in total. The van der Waals surface area contributed by atoms with Crippen LogP contribution in [0.1, 0.15) is 43.2 Å². The summed E-state index contributed by atoms with van der Waals surface area (Å²) in [5, 5.41) is 17.7. The standard InChI is InChI=1S/C13H19F3N8/c1-2-10-17-12(20-18-10)9-3-5-23(6-4-9)7-11-19-21-22-24(11)8-13(14,15)16/h9H,2-8H2,1H3,(H,17,18,20). The topological polar surface area (TPSA) is 88.4 Å². The Kier molecular flexibility index (Phi) is 4.78. The monoisotopic (exact) mass is 344 g/mol. The van der Waals surface area contributed by atoms with Gasteiger partial charge in [0.2, 0.25) is 0 Å². The van der Waals surface area contributed by atoms with Crippen LogP contribution in [-0.2, 0) is 19.5 Å². The van der Waals surface area contributed by atoms with Gasteiger partial charge >= 0.3 is 6.18 Å². The maximum absolute atomic E-state index is 12.5. The summed E-state index contributed by atoms with van der Waals surface area (Å²) in [4.78, 5) is 6.52. The molecule has 0 amide bonds. The van der Waals surface area contributed by atoms with Crippen LogP contribution in [0.25, 0.3) is 0 Å². The molecule has 1 saturated heterocycles. The molecular weight excluding hydrogens is 325 g/mol. The van der Waals surface area contributed by atoms with Crippen LogP contribution in [0.3, 0.4) is 0 Å². The zero-order valence-corrected chi connectivity index (χ0v) is 13.3. The van der Waals surface area contributed by atoms with Gasteiger partial charge in [0.05, 0.1) is 6.54 Å². The van der Waals surface area contributed by atoms with E-state index in [4.69, 9.17) is 0 Å². The molecule has 0 unspecified atom stereocenters. The van der Waals surface area contributed by atoms with Crippen molar-refractivity contribution >= 4 is 0 Å². The largest absolute Gasteiger partial charge is 0.408 e. The highest BCUT2D eigenvalue weighted by Gasteiger charge is 2.31. The van der Waals surface area contributed by atoms with Gasteiger partial charge in [-0.25, -0.2) is 9.67 Å². The summed E-state index contributed by atoms with van der Waals surface area (Å²) >= 11 is 0. The molecule has 0 atom stereocenters. The minimum absolute atomic E-state index is 0.233. The number of aromatic nitrogens is 7. The van der Waals surface area contributed by atoms with Gasteiger partial charge in [0.1, 0.15) is 12.4 Å². The van der Waals surface area contributed by atoms with Gasteiger partial charge in [-0.15, -0.1) is 5.10 Å². The number of aromatic amines is 1. The molecule has 0 saturated carbocycles. The van der Waals surface area contributed by atoms with Crippen molar-refractivity contribution in [2.24, 2.45) is 0 Å². The molecule has 1 aliphatic heterocycles. The van der Waals surface area contributed by atoms with Gasteiger partial charge in [-0.05, 0) is 36.4 Å². The maximum atomic E-state index is 12.5. The van der Waals surface area contributed by atoms with Gasteiger partial charge in [0.15, 0.2) is 11.6 Å². The van der Waals surface area contributed by atoms with Crippen molar-refractivity contribution in [3.05, 3.63) is 17.5 Å². The molecule has 2 aromatic rings. The van der Waals surface area contributed by atoms with Gasteiger partial charge in [0, 0.05) is 12.3 Å². The Morgan fingerprint density at radius 1 is 1.25 bits per heavy atom. The molecule has 2 aromatic heterocycles. The van der Waals surface area contributed by atoms with Crippen LogP contribution < -0.4 is 0 Å². The molecule has 0 aromatic carbocycles. The second-order valence-corrected chi connectivity index (χ2v) is 5.91. The summed E-state index contributed by atoms with van der Waals surface area (Å²) in [7, 11) is 0. The van der Waals surface area contributed by atoms with E-state index in [-0.39, 0.29) is 11.7 Å². The molecule has 0 aliphatic carbocycles. The molecule has 0 bridgehead atoms. The van der Waals surface area contributed by atoms with Crippen LogP contribution in [0.4, 0.5) is 13.2 Å². The number of tetrazole rings is 1. The van der Waals surface area contributed by atoms with Gasteiger partial charge in [0.25, 0.3) is 0 Å². The molecule has 3 heterocycles. The van der Waals surface area contributed by atoms with Crippen LogP contribution in [-0.4, -0.2) is 59.6 Å². The zero-order chi connectivity index (χ0) is 17.2. The Hall–Kier alpha value is -2.04. The van der Waals surface area contributed by atoms with E-state index in [1.165, 1.54) is 0 Å². The summed E-state index contributed by atoms with van der Waals surface area (Å²) in [6.07, 6.45) is -1.79. The van der Waals surface area contributed by atoms with Crippen LogP contribution in [0.15, 0.2) is 0 Å². The quantitative estimate of drug-likeness (QED) is 0.879. The van der Waals surface area contributed by atoms with Crippen molar-refractivity contribution in [3.8, 4) is 0 Å². The van der Waals surface area contributed by atoms with Gasteiger partial charge in [-0.1, -0.05) is 6.92 Å². The van der Waals surface area contributed by atoms with E-state index >= 15 is 0 Å². The lowest BCUT2D eigenvalue weighted by Crippen LogP contribution is -2.34. The summed E-state index contributed by atoms with van der Waals surface area (Å²) in [6.45, 7) is 2.66. The molecule has 11 heteroatoms. The van der Waals surface area contributed by atoms with Crippen molar-refractivity contribution in [2.75, 3.05) is 13.1 Å². The first-order valence-corrected chi connectivity index (χ1v) is 7.90. The third kappa shape index (κ3) is 4.08. The van der Waals surface area contributed by atoms with E-state index in [0.29, 0.717) is 6.54 Å². The molecule has 1 aliphatic rings. The average molecular weight is 344 g/mol. The number of rotatable bonds is 5. The average Bonchev–Trinajstić information content (AvgIpc) is 3.16. The Morgan fingerprint density at radius 2 is 2.00 bits per heavy atom. The number of halogens is 3. The number of nitrogens with one attached hydrogen (secondary N) is 1. The Labute approximate surface area is 136 Å². The highest BCUT2D eigenvalue weighted by atomic mass is 19.4. The number of likely N-dealkylation sites (tertiary alicyclic amines) is 1. The number of aryl methyl sites for hydroxylation is 1. The number of H-pyrrole nitrogens is 1. The Balaban J connectivity index is 1.55. The lowest BCUT2D eigenvalue weighted by molar-refractivity contribution is -0.143. The van der Waals surface area contributed by atoms with Crippen molar-refractivity contribution in [3.63, 3.8) is 0 Å². The van der Waals surface area contributed by atoms with Crippen molar-refractivity contribution < 1.29 is 13.2 Å². The van der Waals surface area contributed by atoms with Crippen LogP contribution in [0, 0.1) is 0 Å². The van der Waals surface area contributed by atoms with E-state index < -0.39 is 12.7 Å². The molecule has 0 spiro atoms. The highest BCUT2D eigenvalue weighted by Crippen LogP contribution is 2.26. The predicted molar refractivity (Wildman–Crippen MR) is 76.9 cm³/mol. The zero-order valence-electron chi connectivity index (χ0n) is 13.3. The SMILES string of the molecule is CCc1nc(C2CCN(Cc3nnnn3CC(F)(F)F)CC2)n[nH]1. The fourth-order valence-corrected chi connectivity index (χ4v) is 2.83. The van der Waals surface area contributed by atoms with Crippen LogP contribution in [0.2, 0.25) is 0 Å². The molecule has 132 valence electrons. The minimum atomic E-state index is -4.33. The molecule has 3 rings (SSSR count). The second kappa shape index (κ2) is 6.83. The third-order valence-electron chi connectivity index (χ3n) is 4.14. The molecule has 1 fully saturated rings. The maximum Gasteiger partial charge on any atom is 0.408 e. The Bertz CT molecular complexity index is 656. The Morgan fingerprint density at radius 3 is 2.62 bits per heavy atom. The molecular formula is C13H19F3N8. The van der Waals surface area contributed by atoms with Gasteiger partial charge in [-0.2, -0.15) is 18.3 Å². The summed E-state index contributed by atoms with van der Waals surface area (Å²) < 4.78 is 38.3. The van der Waals surface area contributed by atoms with E-state index in [1.807, 2.05) is 6.92 Å². The normalized spacial score (nSPS) is 17.5. The van der Waals surface area contributed by atoms with Gasteiger partial charge < -0.3 is 0 Å². The fraction of sp³-hybridized carbons (Fsp3) is 0.769. The summed E-state index contributed by atoms with van der Waals surface area (Å²) in [6, 6.07) is 0. The number of hydrogen-bond acceptors (Lipinski definition) is 6. The number of hydrogen-bond donors (Lipinski definition) is 1. The molecule has 8 nitrogen and oxygen atoms in total.